The summed E-state index contributed by atoms with van der Waals surface area (Å²) in [7, 11) is 0. The van der Waals surface area contributed by atoms with Crippen LogP contribution in [0.3, 0.4) is 0 Å². The summed E-state index contributed by atoms with van der Waals surface area (Å²) in [5.74, 6) is 1.03. The van der Waals surface area contributed by atoms with Crippen LogP contribution in [0, 0.1) is 0 Å². The van der Waals surface area contributed by atoms with Crippen LogP contribution >= 0.6 is 0 Å². The molecule has 1 aromatic heterocycles. The third-order valence-electron chi connectivity index (χ3n) is 4.22. The van der Waals surface area contributed by atoms with E-state index in [9.17, 15) is 10.2 Å². The van der Waals surface area contributed by atoms with E-state index in [1.165, 1.54) is 18.3 Å². The lowest BCUT2D eigenvalue weighted by Crippen LogP contribution is -1.99. The minimum Gasteiger partial charge on any atom is -0.508 e. The van der Waals surface area contributed by atoms with E-state index in [-0.39, 0.29) is 11.5 Å². The minimum absolute atomic E-state index is 0.0107. The molecule has 0 aliphatic carbocycles. The number of hydrogen-bond acceptors (Lipinski definition) is 6. The van der Waals surface area contributed by atoms with E-state index in [4.69, 9.17) is 4.98 Å². The van der Waals surface area contributed by atoms with Crippen molar-refractivity contribution in [2.24, 2.45) is 5.10 Å². The van der Waals surface area contributed by atoms with Crippen molar-refractivity contribution in [3.8, 4) is 34.1 Å². The molecule has 6 nitrogen and oxygen atoms in total. The van der Waals surface area contributed by atoms with Crippen LogP contribution < -0.4 is 5.43 Å². The van der Waals surface area contributed by atoms with Gasteiger partial charge in [-0.15, -0.1) is 0 Å². The van der Waals surface area contributed by atoms with Gasteiger partial charge in [-0.1, -0.05) is 60.7 Å². The van der Waals surface area contributed by atoms with Crippen molar-refractivity contribution in [3.05, 3.63) is 90.5 Å². The highest BCUT2D eigenvalue weighted by molar-refractivity contribution is 5.84. The summed E-state index contributed by atoms with van der Waals surface area (Å²) < 4.78 is 0. The number of hydrogen-bond donors (Lipinski definition) is 3. The smallest absolute Gasteiger partial charge is 0.162 e. The maximum absolute atomic E-state index is 9.87. The molecule has 0 spiro atoms. The predicted molar refractivity (Wildman–Crippen MR) is 114 cm³/mol. The van der Waals surface area contributed by atoms with Crippen molar-refractivity contribution in [3.63, 3.8) is 0 Å². The summed E-state index contributed by atoms with van der Waals surface area (Å²) in [4.78, 5) is 9.25. The first-order chi connectivity index (χ1) is 14.2. The Morgan fingerprint density at radius 2 is 1.45 bits per heavy atom. The van der Waals surface area contributed by atoms with Crippen LogP contribution in [-0.2, 0) is 0 Å². The van der Waals surface area contributed by atoms with Gasteiger partial charge >= 0.3 is 0 Å². The fourth-order valence-electron chi connectivity index (χ4n) is 2.79. The maximum atomic E-state index is 9.87. The third-order valence-corrected chi connectivity index (χ3v) is 4.22. The van der Waals surface area contributed by atoms with E-state index in [1.54, 1.807) is 6.07 Å². The van der Waals surface area contributed by atoms with E-state index < -0.39 is 0 Å². The first-order valence-electron chi connectivity index (χ1n) is 9.00. The van der Waals surface area contributed by atoms with Gasteiger partial charge in [0.25, 0.3) is 0 Å². The fourth-order valence-corrected chi connectivity index (χ4v) is 2.79. The van der Waals surface area contributed by atoms with Crippen LogP contribution in [0.4, 0.5) is 5.82 Å². The number of hydrazone groups is 1. The second-order valence-corrected chi connectivity index (χ2v) is 6.31. The molecule has 3 N–H and O–H groups in total. The Hall–Kier alpha value is -4.19. The quantitative estimate of drug-likeness (QED) is 0.345. The summed E-state index contributed by atoms with van der Waals surface area (Å²) in [6, 6.07) is 25.7. The van der Waals surface area contributed by atoms with Gasteiger partial charge in [0.1, 0.15) is 11.5 Å². The molecule has 142 valence electrons. The van der Waals surface area contributed by atoms with Crippen LogP contribution in [-0.4, -0.2) is 26.4 Å². The van der Waals surface area contributed by atoms with E-state index >= 15 is 0 Å². The van der Waals surface area contributed by atoms with Crippen LogP contribution in [0.25, 0.3) is 22.6 Å². The number of phenolic OH excluding ortho intramolecular Hbond substituents is 2. The normalized spacial score (nSPS) is 10.9. The topological polar surface area (TPSA) is 90.6 Å². The molecule has 29 heavy (non-hydrogen) atoms. The first kappa shape index (κ1) is 18.2. The summed E-state index contributed by atoms with van der Waals surface area (Å²) in [5.41, 5.74) is 6.00. The van der Waals surface area contributed by atoms with Crippen molar-refractivity contribution in [2.45, 2.75) is 0 Å². The van der Waals surface area contributed by atoms with Crippen molar-refractivity contribution in [1.29, 1.82) is 0 Å². The highest BCUT2D eigenvalue weighted by Crippen LogP contribution is 2.24. The molecule has 1 heterocycles. The Labute approximate surface area is 167 Å². The molecule has 0 aliphatic heterocycles. The molecule has 4 aromatic rings. The highest BCUT2D eigenvalue weighted by atomic mass is 16.3. The summed E-state index contributed by atoms with van der Waals surface area (Å²) in [6.07, 6.45) is 1.46. The molecule has 0 amide bonds. The Morgan fingerprint density at radius 1 is 0.759 bits per heavy atom. The van der Waals surface area contributed by atoms with E-state index in [0.29, 0.717) is 17.2 Å². The Bertz CT molecular complexity index is 1090. The molecule has 0 aliphatic rings. The number of anilines is 1. The number of phenols is 2. The standard InChI is InChI=1S/C23H18N4O2/c28-19-12-11-18(21(29)13-19)15-24-27-22-14-20(16-7-3-1-4-8-16)25-23(26-22)17-9-5-2-6-10-17/h1-15,28-29H,(H,25,26,27)/b24-15-. The molecule has 0 fully saturated rings. The molecule has 0 bridgehead atoms. The molecule has 0 radical (unpaired) electrons. The molecule has 0 saturated carbocycles. The number of rotatable bonds is 5. The van der Waals surface area contributed by atoms with Gasteiger partial charge in [-0.05, 0) is 12.1 Å². The van der Waals surface area contributed by atoms with Gasteiger partial charge < -0.3 is 10.2 Å². The average molecular weight is 382 g/mol. The van der Waals surface area contributed by atoms with E-state index in [0.717, 1.165) is 16.8 Å². The zero-order valence-corrected chi connectivity index (χ0v) is 15.4. The van der Waals surface area contributed by atoms with Gasteiger partial charge in [-0.2, -0.15) is 5.10 Å². The van der Waals surface area contributed by atoms with Crippen molar-refractivity contribution < 1.29 is 10.2 Å². The lowest BCUT2D eigenvalue weighted by molar-refractivity contribution is 0.450. The molecule has 4 rings (SSSR count). The predicted octanol–water partition coefficient (Wildman–Crippen LogP) is 4.67. The molecule has 0 saturated heterocycles. The average Bonchev–Trinajstić information content (AvgIpc) is 2.76. The van der Waals surface area contributed by atoms with Gasteiger partial charge in [0.2, 0.25) is 0 Å². The second kappa shape index (κ2) is 8.22. The Balaban J connectivity index is 1.67. The van der Waals surface area contributed by atoms with Crippen molar-refractivity contribution >= 4 is 12.0 Å². The van der Waals surface area contributed by atoms with Gasteiger partial charge in [-0.3, -0.25) is 5.43 Å². The maximum Gasteiger partial charge on any atom is 0.162 e. The lowest BCUT2D eigenvalue weighted by atomic mass is 10.1. The molecule has 6 heteroatoms. The zero-order valence-electron chi connectivity index (χ0n) is 15.4. The Kier molecular flexibility index (Phi) is 5.16. The molecule has 0 atom stereocenters. The van der Waals surface area contributed by atoms with Crippen LogP contribution in [0.15, 0.2) is 90.0 Å². The van der Waals surface area contributed by atoms with E-state index in [2.05, 4.69) is 15.5 Å². The zero-order chi connectivity index (χ0) is 20.1. The molecule has 3 aromatic carbocycles. The molecule has 0 unspecified atom stereocenters. The number of aromatic hydroxyl groups is 2. The fraction of sp³-hybridized carbons (Fsp3) is 0. The number of benzene rings is 3. The van der Waals surface area contributed by atoms with E-state index in [1.807, 2.05) is 66.7 Å². The monoisotopic (exact) mass is 382 g/mol. The SMILES string of the molecule is Oc1ccc(/C=N\Nc2cc(-c3ccccc3)nc(-c3ccccc3)n2)c(O)c1. The van der Waals surface area contributed by atoms with Gasteiger partial charge in [0.15, 0.2) is 11.6 Å². The van der Waals surface area contributed by atoms with Gasteiger partial charge in [-0.25, -0.2) is 9.97 Å². The second-order valence-electron chi connectivity index (χ2n) is 6.31. The van der Waals surface area contributed by atoms with Crippen molar-refractivity contribution in [2.75, 3.05) is 5.43 Å². The first-order valence-corrected chi connectivity index (χ1v) is 9.00. The van der Waals surface area contributed by atoms with Crippen LogP contribution in [0.1, 0.15) is 5.56 Å². The van der Waals surface area contributed by atoms with Crippen LogP contribution in [0.5, 0.6) is 11.5 Å². The largest absolute Gasteiger partial charge is 0.508 e. The Morgan fingerprint density at radius 3 is 2.14 bits per heavy atom. The lowest BCUT2D eigenvalue weighted by Gasteiger charge is -2.08. The summed E-state index contributed by atoms with van der Waals surface area (Å²) in [6.45, 7) is 0. The number of nitrogens with zero attached hydrogens (tertiary/aromatic N) is 3. The third kappa shape index (κ3) is 4.39. The summed E-state index contributed by atoms with van der Waals surface area (Å²) >= 11 is 0. The highest BCUT2D eigenvalue weighted by Gasteiger charge is 2.08. The van der Waals surface area contributed by atoms with Gasteiger partial charge in [0.05, 0.1) is 11.9 Å². The number of aromatic nitrogens is 2. The van der Waals surface area contributed by atoms with Gasteiger partial charge in [0, 0.05) is 28.8 Å². The number of nitrogens with one attached hydrogen (secondary N) is 1. The van der Waals surface area contributed by atoms with Crippen molar-refractivity contribution in [1.82, 2.24) is 9.97 Å². The molecular weight excluding hydrogens is 364 g/mol. The molecular formula is C23H18N4O2. The summed E-state index contributed by atoms with van der Waals surface area (Å²) in [5, 5.41) is 23.4. The van der Waals surface area contributed by atoms with Crippen LogP contribution in [0.2, 0.25) is 0 Å². The minimum atomic E-state index is -0.0619.